The lowest BCUT2D eigenvalue weighted by Crippen LogP contribution is -2.44. The van der Waals surface area contributed by atoms with Crippen LogP contribution in [0.25, 0.3) is 0 Å². The molecule has 0 bridgehead atoms. The minimum Gasteiger partial charge on any atom is -0.493 e. The average molecular weight is 332 g/mol. The number of nitrogens with one attached hydrogen (secondary N) is 2. The minimum atomic E-state index is -0.399. The highest BCUT2D eigenvalue weighted by Gasteiger charge is 2.19. The second-order valence-electron chi connectivity index (χ2n) is 5.96. The number of hydrogen-bond acceptors (Lipinski definition) is 4. The number of hydrazine groups is 1. The third kappa shape index (κ3) is 4.75. The number of allylic oxidation sites excluding steroid dienone is 2. The highest BCUT2D eigenvalue weighted by Crippen LogP contribution is 2.28. The molecule has 6 nitrogen and oxygen atoms in total. The maximum atomic E-state index is 12.2. The van der Waals surface area contributed by atoms with Gasteiger partial charge >= 0.3 is 0 Å². The van der Waals surface area contributed by atoms with Gasteiger partial charge in [0.15, 0.2) is 11.5 Å². The van der Waals surface area contributed by atoms with Crippen LogP contribution in [-0.4, -0.2) is 25.0 Å². The lowest BCUT2D eigenvalue weighted by molar-refractivity contribution is -0.126. The molecule has 0 saturated heterocycles. The molecule has 6 heteroatoms. The van der Waals surface area contributed by atoms with Crippen molar-refractivity contribution in [1.82, 2.24) is 10.9 Å². The summed E-state index contributed by atoms with van der Waals surface area (Å²) in [6, 6.07) is 4.90. The smallest absolute Gasteiger partial charge is 0.269 e. The topological polar surface area (TPSA) is 76.7 Å². The van der Waals surface area contributed by atoms with Gasteiger partial charge in [-0.3, -0.25) is 20.4 Å². The van der Waals surface area contributed by atoms with Crippen molar-refractivity contribution in [2.24, 2.45) is 5.92 Å². The van der Waals surface area contributed by atoms with Crippen molar-refractivity contribution in [2.75, 3.05) is 7.11 Å². The van der Waals surface area contributed by atoms with E-state index in [-0.39, 0.29) is 17.9 Å². The number of methoxy groups -OCH3 is 1. The largest absolute Gasteiger partial charge is 0.493 e. The molecule has 24 heavy (non-hydrogen) atoms. The van der Waals surface area contributed by atoms with Crippen molar-refractivity contribution >= 4 is 11.8 Å². The number of benzene rings is 1. The molecule has 0 spiro atoms. The Morgan fingerprint density at radius 2 is 1.96 bits per heavy atom. The van der Waals surface area contributed by atoms with E-state index in [1.54, 1.807) is 18.2 Å². The standard InChI is InChI=1S/C18H24N2O4/c1-12(2)24-15-10-9-14(11-16(15)23-3)18(22)20-19-17(21)13-7-5-4-6-8-13/h4-5,9-13H,6-8H2,1-3H3,(H,19,21)(H,20,22). The van der Waals surface area contributed by atoms with Crippen LogP contribution < -0.4 is 20.3 Å². The van der Waals surface area contributed by atoms with E-state index in [1.165, 1.54) is 7.11 Å². The fourth-order valence-corrected chi connectivity index (χ4v) is 2.48. The number of hydrogen-bond donors (Lipinski definition) is 2. The quantitative estimate of drug-likeness (QED) is 0.642. The SMILES string of the molecule is COc1cc(C(=O)NNC(=O)C2CC=CCC2)ccc1OC(C)C. The van der Waals surface area contributed by atoms with Crippen LogP contribution in [0.15, 0.2) is 30.4 Å². The molecule has 2 rings (SSSR count). The highest BCUT2D eigenvalue weighted by molar-refractivity contribution is 5.96. The number of ether oxygens (including phenoxy) is 2. The Kier molecular flexibility index (Phi) is 6.23. The predicted molar refractivity (Wildman–Crippen MR) is 90.8 cm³/mol. The lowest BCUT2D eigenvalue weighted by atomic mass is 9.94. The Morgan fingerprint density at radius 1 is 1.17 bits per heavy atom. The monoisotopic (exact) mass is 332 g/mol. The van der Waals surface area contributed by atoms with Crippen LogP contribution in [0.4, 0.5) is 0 Å². The molecule has 2 amide bonds. The molecule has 0 fully saturated rings. The Morgan fingerprint density at radius 3 is 2.58 bits per heavy atom. The summed E-state index contributed by atoms with van der Waals surface area (Å²) in [5.74, 6) is 0.386. The second-order valence-corrected chi connectivity index (χ2v) is 5.96. The molecule has 1 unspecified atom stereocenters. The first-order valence-corrected chi connectivity index (χ1v) is 8.11. The van der Waals surface area contributed by atoms with Crippen molar-refractivity contribution in [3.63, 3.8) is 0 Å². The van der Waals surface area contributed by atoms with Gasteiger partial charge in [-0.15, -0.1) is 0 Å². The molecule has 1 aromatic rings. The predicted octanol–water partition coefficient (Wildman–Crippen LogP) is 2.60. The molecule has 1 aromatic carbocycles. The van der Waals surface area contributed by atoms with Gasteiger partial charge in [0.05, 0.1) is 13.2 Å². The summed E-state index contributed by atoms with van der Waals surface area (Å²) < 4.78 is 10.9. The number of carbonyl (C=O) groups excluding carboxylic acids is 2. The van der Waals surface area contributed by atoms with Crippen LogP contribution in [0, 0.1) is 5.92 Å². The first kappa shape index (κ1) is 17.8. The molecule has 0 aliphatic heterocycles. The van der Waals surface area contributed by atoms with E-state index in [4.69, 9.17) is 9.47 Å². The summed E-state index contributed by atoms with van der Waals surface area (Å²) in [4.78, 5) is 24.2. The number of amides is 2. The van der Waals surface area contributed by atoms with Crippen molar-refractivity contribution in [2.45, 2.75) is 39.2 Å². The third-order valence-electron chi connectivity index (χ3n) is 3.73. The van der Waals surface area contributed by atoms with Crippen molar-refractivity contribution in [1.29, 1.82) is 0 Å². The average Bonchev–Trinajstić information content (AvgIpc) is 2.60. The van der Waals surface area contributed by atoms with Gasteiger partial charge in [0.25, 0.3) is 5.91 Å². The van der Waals surface area contributed by atoms with Crippen LogP contribution in [0.1, 0.15) is 43.5 Å². The van der Waals surface area contributed by atoms with E-state index in [1.807, 2.05) is 19.9 Å². The summed E-state index contributed by atoms with van der Waals surface area (Å²) in [7, 11) is 1.52. The maximum Gasteiger partial charge on any atom is 0.269 e. The summed E-state index contributed by atoms with van der Waals surface area (Å²) >= 11 is 0. The van der Waals surface area contributed by atoms with Crippen molar-refractivity contribution in [3.05, 3.63) is 35.9 Å². The fraction of sp³-hybridized carbons (Fsp3) is 0.444. The molecule has 1 atom stereocenters. The molecule has 2 N–H and O–H groups in total. The van der Waals surface area contributed by atoms with E-state index in [0.29, 0.717) is 23.5 Å². The van der Waals surface area contributed by atoms with Gasteiger partial charge in [-0.05, 0) is 51.3 Å². The highest BCUT2D eigenvalue weighted by atomic mass is 16.5. The first-order chi connectivity index (χ1) is 11.5. The van der Waals surface area contributed by atoms with Crippen LogP contribution in [0.2, 0.25) is 0 Å². The summed E-state index contributed by atoms with van der Waals surface area (Å²) in [5.41, 5.74) is 5.32. The molecule has 0 saturated carbocycles. The van der Waals surface area contributed by atoms with E-state index in [2.05, 4.69) is 16.9 Å². The number of rotatable bonds is 5. The third-order valence-corrected chi connectivity index (χ3v) is 3.73. The van der Waals surface area contributed by atoms with E-state index >= 15 is 0 Å². The Hall–Kier alpha value is -2.50. The van der Waals surface area contributed by atoms with Crippen molar-refractivity contribution in [3.8, 4) is 11.5 Å². The second kappa shape index (κ2) is 8.38. The summed E-state index contributed by atoms with van der Waals surface area (Å²) in [6.45, 7) is 3.83. The van der Waals surface area contributed by atoms with E-state index in [0.717, 1.165) is 12.8 Å². The van der Waals surface area contributed by atoms with Crippen molar-refractivity contribution < 1.29 is 19.1 Å². The summed E-state index contributed by atoms with van der Waals surface area (Å²) in [5, 5.41) is 0. The Labute approximate surface area is 142 Å². The molecule has 0 heterocycles. The van der Waals surface area contributed by atoms with Gasteiger partial charge in [-0.1, -0.05) is 12.2 Å². The van der Waals surface area contributed by atoms with Gasteiger partial charge in [-0.2, -0.15) is 0 Å². The van der Waals surface area contributed by atoms with Gasteiger partial charge < -0.3 is 9.47 Å². The Bertz CT molecular complexity index is 625. The van der Waals surface area contributed by atoms with Gasteiger partial charge in [0, 0.05) is 11.5 Å². The minimum absolute atomic E-state index is 0.00223. The molecule has 1 aliphatic rings. The van der Waals surface area contributed by atoms with Gasteiger partial charge in [0.1, 0.15) is 0 Å². The molecule has 0 radical (unpaired) electrons. The van der Waals surface area contributed by atoms with Crippen LogP contribution in [0.5, 0.6) is 11.5 Å². The molecule has 0 aromatic heterocycles. The van der Waals surface area contributed by atoms with E-state index < -0.39 is 5.91 Å². The van der Waals surface area contributed by atoms with Crippen LogP contribution >= 0.6 is 0 Å². The number of carbonyl (C=O) groups is 2. The Balaban J connectivity index is 1.96. The van der Waals surface area contributed by atoms with Gasteiger partial charge in [-0.25, -0.2) is 0 Å². The lowest BCUT2D eigenvalue weighted by Gasteiger charge is -2.18. The van der Waals surface area contributed by atoms with E-state index in [9.17, 15) is 9.59 Å². The van der Waals surface area contributed by atoms with Crippen LogP contribution in [-0.2, 0) is 4.79 Å². The molecular formula is C18H24N2O4. The normalized spacial score (nSPS) is 16.6. The summed E-state index contributed by atoms with van der Waals surface area (Å²) in [6.07, 6.45) is 6.45. The van der Waals surface area contributed by atoms with Gasteiger partial charge in [0.2, 0.25) is 5.91 Å². The zero-order valence-electron chi connectivity index (χ0n) is 14.3. The fourth-order valence-electron chi connectivity index (χ4n) is 2.48. The zero-order chi connectivity index (χ0) is 17.5. The maximum absolute atomic E-state index is 12.2. The molecular weight excluding hydrogens is 308 g/mol. The van der Waals surface area contributed by atoms with Crippen LogP contribution in [0.3, 0.4) is 0 Å². The zero-order valence-corrected chi connectivity index (χ0v) is 14.3. The molecule has 1 aliphatic carbocycles. The molecule has 130 valence electrons. The first-order valence-electron chi connectivity index (χ1n) is 8.11.